The molecule has 2 aliphatic rings. The third kappa shape index (κ3) is 4.31. The molecular formula is C20H22N2O4S. The van der Waals surface area contributed by atoms with Gasteiger partial charge in [0.05, 0.1) is 11.5 Å². The minimum Gasteiger partial charge on any atom is -0.493 e. The standard InChI is InChI=1S/C20H22N2O4S/c23-20(21-12-14-11-16-3-1-2-4-19(16)26-13-14)15-5-9-18(10-6-15)27(24,25)22-17-7-8-17/h1-6,9-10,14,17,22H,7-8,11-13H2,(H,21,23)/t14-/m0/s1. The summed E-state index contributed by atoms with van der Waals surface area (Å²) in [6.45, 7) is 1.08. The molecule has 0 unspecified atom stereocenters. The number of carbonyl (C=O) groups is 1. The van der Waals surface area contributed by atoms with Crippen molar-refractivity contribution in [1.29, 1.82) is 0 Å². The number of rotatable bonds is 6. The van der Waals surface area contributed by atoms with Gasteiger partial charge in [0.2, 0.25) is 10.0 Å². The van der Waals surface area contributed by atoms with Gasteiger partial charge in [-0.15, -0.1) is 0 Å². The molecule has 6 nitrogen and oxygen atoms in total. The van der Waals surface area contributed by atoms with Gasteiger partial charge < -0.3 is 10.1 Å². The fourth-order valence-corrected chi connectivity index (χ4v) is 4.44. The van der Waals surface area contributed by atoms with Crippen LogP contribution in [0.3, 0.4) is 0 Å². The fraction of sp³-hybridized carbons (Fsp3) is 0.350. The first kappa shape index (κ1) is 18.0. The Kier molecular flexibility index (Phi) is 4.88. The summed E-state index contributed by atoms with van der Waals surface area (Å²) in [5.41, 5.74) is 1.60. The summed E-state index contributed by atoms with van der Waals surface area (Å²) < 4.78 is 32.7. The second-order valence-electron chi connectivity index (χ2n) is 7.12. The van der Waals surface area contributed by atoms with Gasteiger partial charge in [-0.3, -0.25) is 4.79 Å². The maximum Gasteiger partial charge on any atom is 0.251 e. The summed E-state index contributed by atoms with van der Waals surface area (Å²) >= 11 is 0. The molecule has 0 spiro atoms. The molecule has 2 N–H and O–H groups in total. The minimum atomic E-state index is -3.50. The van der Waals surface area contributed by atoms with E-state index in [2.05, 4.69) is 10.0 Å². The van der Waals surface area contributed by atoms with Gasteiger partial charge in [-0.2, -0.15) is 0 Å². The fourth-order valence-electron chi connectivity index (χ4n) is 3.14. The van der Waals surface area contributed by atoms with E-state index >= 15 is 0 Å². The van der Waals surface area contributed by atoms with Crippen LogP contribution in [0.1, 0.15) is 28.8 Å². The van der Waals surface area contributed by atoms with Crippen LogP contribution >= 0.6 is 0 Å². The van der Waals surface area contributed by atoms with Crippen molar-refractivity contribution in [2.75, 3.05) is 13.2 Å². The number of para-hydroxylation sites is 1. The second-order valence-corrected chi connectivity index (χ2v) is 8.83. The number of carbonyl (C=O) groups excluding carboxylic acids is 1. The van der Waals surface area contributed by atoms with E-state index in [1.54, 1.807) is 12.1 Å². The van der Waals surface area contributed by atoms with Crippen LogP contribution < -0.4 is 14.8 Å². The lowest BCUT2D eigenvalue weighted by molar-refractivity contribution is 0.0939. The lowest BCUT2D eigenvalue weighted by Gasteiger charge is -2.25. The van der Waals surface area contributed by atoms with Crippen molar-refractivity contribution in [3.05, 3.63) is 59.7 Å². The molecule has 1 aliphatic heterocycles. The number of amides is 1. The van der Waals surface area contributed by atoms with E-state index in [1.165, 1.54) is 12.1 Å². The number of hydrogen-bond donors (Lipinski definition) is 2. The van der Waals surface area contributed by atoms with Gasteiger partial charge in [0, 0.05) is 24.1 Å². The predicted molar refractivity (Wildman–Crippen MR) is 101 cm³/mol. The van der Waals surface area contributed by atoms with Crippen molar-refractivity contribution < 1.29 is 17.9 Å². The molecule has 1 heterocycles. The molecule has 1 atom stereocenters. The highest BCUT2D eigenvalue weighted by Gasteiger charge is 2.28. The van der Waals surface area contributed by atoms with E-state index in [0.717, 1.165) is 30.6 Å². The molecule has 1 amide bonds. The van der Waals surface area contributed by atoms with Crippen LogP contribution in [-0.4, -0.2) is 33.5 Å². The van der Waals surface area contributed by atoms with E-state index in [0.29, 0.717) is 18.7 Å². The summed E-state index contributed by atoms with van der Waals surface area (Å²) in [7, 11) is -3.50. The third-order valence-corrected chi connectivity index (χ3v) is 6.37. The van der Waals surface area contributed by atoms with Crippen molar-refractivity contribution in [3.8, 4) is 5.75 Å². The maximum absolute atomic E-state index is 12.4. The zero-order valence-corrected chi connectivity index (χ0v) is 15.7. The Bertz CT molecular complexity index is 937. The van der Waals surface area contributed by atoms with Crippen LogP contribution in [0.5, 0.6) is 5.75 Å². The first-order valence-corrected chi connectivity index (χ1v) is 10.6. The second kappa shape index (κ2) is 7.32. The summed E-state index contributed by atoms with van der Waals surface area (Å²) in [5.74, 6) is 0.913. The lowest BCUT2D eigenvalue weighted by Crippen LogP contribution is -2.34. The lowest BCUT2D eigenvalue weighted by atomic mass is 9.96. The van der Waals surface area contributed by atoms with Crippen LogP contribution in [0.25, 0.3) is 0 Å². The molecule has 7 heteroatoms. The summed E-state index contributed by atoms with van der Waals surface area (Å²) in [6, 6.07) is 14.0. The van der Waals surface area contributed by atoms with Crippen molar-refractivity contribution in [1.82, 2.24) is 10.0 Å². The topological polar surface area (TPSA) is 84.5 Å². The number of fused-ring (bicyclic) bond motifs is 1. The number of nitrogens with one attached hydrogen (secondary N) is 2. The normalized spacial score (nSPS) is 19.0. The highest BCUT2D eigenvalue weighted by atomic mass is 32.2. The van der Waals surface area contributed by atoms with Gasteiger partial charge in [0.15, 0.2) is 0 Å². The molecule has 142 valence electrons. The van der Waals surface area contributed by atoms with Gasteiger partial charge in [-0.25, -0.2) is 13.1 Å². The van der Waals surface area contributed by atoms with Gasteiger partial charge in [0.25, 0.3) is 5.91 Å². The molecule has 0 saturated heterocycles. The number of hydrogen-bond acceptors (Lipinski definition) is 4. The number of sulfonamides is 1. The van der Waals surface area contributed by atoms with Gasteiger partial charge in [-0.05, 0) is 55.2 Å². The Morgan fingerprint density at radius 1 is 1.07 bits per heavy atom. The average Bonchev–Trinajstić information content (AvgIpc) is 3.49. The van der Waals surface area contributed by atoms with Crippen LogP contribution in [-0.2, 0) is 16.4 Å². The van der Waals surface area contributed by atoms with Crippen LogP contribution in [0.15, 0.2) is 53.4 Å². The van der Waals surface area contributed by atoms with E-state index in [-0.39, 0.29) is 22.8 Å². The van der Waals surface area contributed by atoms with Crippen molar-refractivity contribution in [3.63, 3.8) is 0 Å². The largest absolute Gasteiger partial charge is 0.493 e. The van der Waals surface area contributed by atoms with Crippen molar-refractivity contribution in [2.45, 2.75) is 30.2 Å². The molecule has 1 fully saturated rings. The van der Waals surface area contributed by atoms with Crippen LogP contribution in [0, 0.1) is 5.92 Å². The van der Waals surface area contributed by atoms with E-state index in [9.17, 15) is 13.2 Å². The van der Waals surface area contributed by atoms with Crippen molar-refractivity contribution >= 4 is 15.9 Å². The predicted octanol–water partition coefficient (Wildman–Crippen LogP) is 2.11. The Labute approximate surface area is 159 Å². The quantitative estimate of drug-likeness (QED) is 0.796. The molecule has 2 aromatic carbocycles. The Balaban J connectivity index is 1.33. The molecule has 27 heavy (non-hydrogen) atoms. The van der Waals surface area contributed by atoms with E-state index < -0.39 is 10.0 Å². The van der Waals surface area contributed by atoms with Gasteiger partial charge in [0.1, 0.15) is 5.75 Å². The molecule has 0 bridgehead atoms. The zero-order valence-electron chi connectivity index (χ0n) is 14.9. The molecule has 2 aromatic rings. The van der Waals surface area contributed by atoms with Gasteiger partial charge in [-0.1, -0.05) is 18.2 Å². The minimum absolute atomic E-state index is 0.0563. The summed E-state index contributed by atoms with van der Waals surface area (Å²) in [4.78, 5) is 12.5. The van der Waals surface area contributed by atoms with Crippen LogP contribution in [0.2, 0.25) is 0 Å². The van der Waals surface area contributed by atoms with Gasteiger partial charge >= 0.3 is 0 Å². The average molecular weight is 386 g/mol. The first-order chi connectivity index (χ1) is 13.0. The third-order valence-electron chi connectivity index (χ3n) is 4.83. The number of ether oxygens (including phenoxy) is 1. The smallest absolute Gasteiger partial charge is 0.251 e. The highest BCUT2D eigenvalue weighted by molar-refractivity contribution is 7.89. The monoisotopic (exact) mass is 386 g/mol. The maximum atomic E-state index is 12.4. The zero-order chi connectivity index (χ0) is 18.9. The van der Waals surface area contributed by atoms with E-state index in [4.69, 9.17) is 4.74 Å². The van der Waals surface area contributed by atoms with E-state index in [1.807, 2.05) is 24.3 Å². The summed E-state index contributed by atoms with van der Waals surface area (Å²) in [6.07, 6.45) is 2.63. The molecule has 1 saturated carbocycles. The first-order valence-electron chi connectivity index (χ1n) is 9.12. The highest BCUT2D eigenvalue weighted by Crippen LogP contribution is 2.26. The summed E-state index contributed by atoms with van der Waals surface area (Å²) in [5, 5.41) is 2.92. The molecule has 0 aromatic heterocycles. The van der Waals surface area contributed by atoms with Crippen LogP contribution in [0.4, 0.5) is 0 Å². The Morgan fingerprint density at radius 3 is 2.56 bits per heavy atom. The Morgan fingerprint density at radius 2 is 1.81 bits per heavy atom. The number of benzene rings is 2. The van der Waals surface area contributed by atoms with Crippen molar-refractivity contribution in [2.24, 2.45) is 5.92 Å². The SMILES string of the molecule is O=C(NC[C@H]1COc2ccccc2C1)c1ccc(S(=O)(=O)NC2CC2)cc1. The molecule has 4 rings (SSSR count). The Hall–Kier alpha value is -2.38. The molecule has 1 aliphatic carbocycles. The molecular weight excluding hydrogens is 364 g/mol. The molecule has 0 radical (unpaired) electrons.